The van der Waals surface area contributed by atoms with Gasteiger partial charge >= 0.3 is 5.91 Å². The van der Waals surface area contributed by atoms with Crippen LogP contribution in [0.4, 0.5) is 0 Å². The molecule has 1 N–H and O–H groups in total. The number of pyridine rings is 1. The van der Waals surface area contributed by atoms with Gasteiger partial charge in [0.15, 0.2) is 0 Å². The lowest BCUT2D eigenvalue weighted by Crippen LogP contribution is -2.47. The molecule has 3 aromatic rings. The molecule has 0 atom stereocenters. The van der Waals surface area contributed by atoms with E-state index in [-0.39, 0.29) is 11.3 Å². The summed E-state index contributed by atoms with van der Waals surface area (Å²) in [7, 11) is 0. The molecule has 0 unspecified atom stereocenters. The van der Waals surface area contributed by atoms with Gasteiger partial charge < -0.3 is 4.42 Å². The number of rotatable bonds is 3. The van der Waals surface area contributed by atoms with E-state index in [1.54, 1.807) is 36.1 Å². The van der Waals surface area contributed by atoms with Crippen molar-refractivity contribution in [2.45, 2.75) is 33.1 Å². The molecule has 2 aromatic heterocycles. The summed E-state index contributed by atoms with van der Waals surface area (Å²) in [6.45, 7) is 8.17. The normalized spacial score (nSPS) is 11.4. The number of carbonyl (C=O) groups is 1. The third-order valence-corrected chi connectivity index (χ3v) is 3.85. The van der Waals surface area contributed by atoms with E-state index in [1.807, 2.05) is 24.3 Å². The van der Waals surface area contributed by atoms with E-state index < -0.39 is 0 Å². The molecule has 6 heteroatoms. The van der Waals surface area contributed by atoms with E-state index in [2.05, 4.69) is 36.4 Å². The summed E-state index contributed by atoms with van der Waals surface area (Å²) in [6.07, 6.45) is 3.46. The highest BCUT2D eigenvalue weighted by atomic mass is 16.4. The number of hydrogen-bond acceptors (Lipinski definition) is 4. The van der Waals surface area contributed by atoms with Crippen LogP contribution in [0.2, 0.25) is 0 Å². The van der Waals surface area contributed by atoms with Crippen molar-refractivity contribution in [2.75, 3.05) is 5.43 Å². The lowest BCUT2D eigenvalue weighted by molar-refractivity contribution is -0.641. The zero-order chi connectivity index (χ0) is 18.0. The molecule has 0 aliphatic carbocycles. The summed E-state index contributed by atoms with van der Waals surface area (Å²) in [5.41, 5.74) is 5.46. The Kier molecular flexibility index (Phi) is 4.35. The van der Waals surface area contributed by atoms with Crippen molar-refractivity contribution in [3.63, 3.8) is 0 Å². The number of amides is 1. The number of nitrogens with zero attached hydrogens (tertiary/aromatic N) is 3. The fourth-order valence-electron chi connectivity index (χ4n) is 2.36. The Hall–Kier alpha value is -3.02. The van der Waals surface area contributed by atoms with Crippen molar-refractivity contribution < 1.29 is 13.9 Å². The Bertz CT molecular complexity index is 875. The van der Waals surface area contributed by atoms with Gasteiger partial charge in [-0.1, -0.05) is 37.6 Å². The Balaban J connectivity index is 1.70. The van der Waals surface area contributed by atoms with Crippen molar-refractivity contribution in [1.29, 1.82) is 0 Å². The second-order valence-corrected chi connectivity index (χ2v) is 6.89. The maximum Gasteiger partial charge on any atom is 0.305 e. The first-order valence-corrected chi connectivity index (χ1v) is 8.06. The fraction of sp³-hybridized carbons (Fsp3) is 0.263. The summed E-state index contributed by atoms with van der Waals surface area (Å²) in [6, 6.07) is 11.3. The van der Waals surface area contributed by atoms with Gasteiger partial charge in [0.05, 0.1) is 5.56 Å². The standard InChI is InChI=1S/C19H20N4O2/c1-13-20-21-18(25-13)15-9-11-23(12-10-15)22-17(24)14-5-7-16(8-6-14)19(2,3)4/h5-12H,1-4H3/p+1. The van der Waals surface area contributed by atoms with Crippen LogP contribution in [0.5, 0.6) is 0 Å². The predicted octanol–water partition coefficient (Wildman–Crippen LogP) is 3.01. The van der Waals surface area contributed by atoms with E-state index >= 15 is 0 Å². The maximum atomic E-state index is 12.4. The first kappa shape index (κ1) is 16.8. The molecular formula is C19H21N4O2+. The summed E-state index contributed by atoms with van der Waals surface area (Å²) in [5, 5.41) is 7.77. The lowest BCUT2D eigenvalue weighted by atomic mass is 9.87. The minimum Gasteiger partial charge on any atom is -0.421 e. The molecular weight excluding hydrogens is 316 g/mol. The Morgan fingerprint density at radius 3 is 2.20 bits per heavy atom. The summed E-state index contributed by atoms with van der Waals surface area (Å²) in [4.78, 5) is 12.4. The molecule has 1 amide bonds. The van der Waals surface area contributed by atoms with Crippen molar-refractivity contribution in [1.82, 2.24) is 10.2 Å². The average Bonchev–Trinajstić information content (AvgIpc) is 3.01. The molecule has 0 bridgehead atoms. The van der Waals surface area contributed by atoms with Gasteiger partial charge in [-0.05, 0) is 23.1 Å². The molecule has 0 saturated carbocycles. The maximum absolute atomic E-state index is 12.4. The van der Waals surface area contributed by atoms with Crippen LogP contribution < -0.4 is 10.1 Å². The summed E-state index contributed by atoms with van der Waals surface area (Å²) in [5.74, 6) is 0.791. The van der Waals surface area contributed by atoms with E-state index in [0.29, 0.717) is 17.3 Å². The number of carbonyl (C=O) groups excluding carboxylic acids is 1. The van der Waals surface area contributed by atoms with Gasteiger partial charge in [0.2, 0.25) is 24.2 Å². The van der Waals surface area contributed by atoms with Gasteiger partial charge in [0, 0.05) is 24.6 Å². The molecule has 3 rings (SSSR count). The zero-order valence-corrected chi connectivity index (χ0v) is 14.8. The van der Waals surface area contributed by atoms with Gasteiger partial charge in [0.1, 0.15) is 0 Å². The predicted molar refractivity (Wildman–Crippen MR) is 93.5 cm³/mol. The second-order valence-electron chi connectivity index (χ2n) is 6.89. The largest absolute Gasteiger partial charge is 0.421 e. The van der Waals surface area contributed by atoms with Crippen molar-refractivity contribution in [3.05, 3.63) is 65.8 Å². The molecule has 128 valence electrons. The molecule has 2 heterocycles. The van der Waals surface area contributed by atoms with Gasteiger partial charge in [-0.25, -0.2) is 0 Å². The Morgan fingerprint density at radius 2 is 1.68 bits per heavy atom. The number of aromatic nitrogens is 3. The van der Waals surface area contributed by atoms with Crippen LogP contribution in [0, 0.1) is 6.92 Å². The third kappa shape index (κ3) is 3.91. The van der Waals surface area contributed by atoms with E-state index in [1.165, 1.54) is 5.56 Å². The average molecular weight is 337 g/mol. The quantitative estimate of drug-likeness (QED) is 0.746. The van der Waals surface area contributed by atoms with E-state index in [0.717, 1.165) is 5.56 Å². The molecule has 0 radical (unpaired) electrons. The molecule has 1 aromatic carbocycles. The van der Waals surface area contributed by atoms with Crippen LogP contribution in [0.15, 0.2) is 53.2 Å². The second kappa shape index (κ2) is 6.47. The van der Waals surface area contributed by atoms with Crippen molar-refractivity contribution in [3.8, 4) is 11.5 Å². The van der Waals surface area contributed by atoms with Crippen molar-refractivity contribution >= 4 is 5.91 Å². The van der Waals surface area contributed by atoms with Gasteiger partial charge in [-0.2, -0.15) is 0 Å². The van der Waals surface area contributed by atoms with Gasteiger partial charge in [-0.15, -0.1) is 15.6 Å². The lowest BCUT2D eigenvalue weighted by Gasteiger charge is -2.18. The van der Waals surface area contributed by atoms with Gasteiger partial charge in [0.25, 0.3) is 0 Å². The summed E-state index contributed by atoms with van der Waals surface area (Å²) < 4.78 is 6.97. The van der Waals surface area contributed by atoms with E-state index in [9.17, 15) is 4.79 Å². The van der Waals surface area contributed by atoms with Crippen molar-refractivity contribution in [2.24, 2.45) is 0 Å². The first-order chi connectivity index (χ1) is 11.8. The Labute approximate surface area is 146 Å². The highest BCUT2D eigenvalue weighted by Crippen LogP contribution is 2.22. The first-order valence-electron chi connectivity index (χ1n) is 8.06. The number of aryl methyl sites for hydroxylation is 1. The van der Waals surface area contributed by atoms with Crippen LogP contribution in [-0.4, -0.2) is 16.1 Å². The van der Waals surface area contributed by atoms with Crippen LogP contribution in [-0.2, 0) is 5.41 Å². The zero-order valence-electron chi connectivity index (χ0n) is 14.8. The smallest absolute Gasteiger partial charge is 0.305 e. The van der Waals surface area contributed by atoms with Crippen LogP contribution in [0.3, 0.4) is 0 Å². The topological polar surface area (TPSA) is 71.9 Å². The molecule has 0 aliphatic heterocycles. The number of hydrogen-bond donors (Lipinski definition) is 1. The van der Waals surface area contributed by atoms with Crippen LogP contribution in [0.25, 0.3) is 11.5 Å². The Morgan fingerprint density at radius 1 is 1.04 bits per heavy atom. The number of benzene rings is 1. The van der Waals surface area contributed by atoms with Crippen LogP contribution >= 0.6 is 0 Å². The third-order valence-electron chi connectivity index (χ3n) is 3.85. The monoisotopic (exact) mass is 337 g/mol. The molecule has 25 heavy (non-hydrogen) atoms. The molecule has 0 saturated heterocycles. The number of nitrogens with one attached hydrogen (secondary N) is 1. The molecule has 0 aliphatic rings. The highest BCUT2D eigenvalue weighted by molar-refractivity contribution is 5.98. The van der Waals surface area contributed by atoms with Crippen LogP contribution in [0.1, 0.15) is 42.6 Å². The molecule has 0 fully saturated rings. The van der Waals surface area contributed by atoms with Gasteiger partial charge in [-0.3, -0.25) is 4.79 Å². The SMILES string of the molecule is Cc1nnc(-c2cc[n+](NC(=O)c3ccc(C(C)(C)C)cc3)cc2)o1. The summed E-state index contributed by atoms with van der Waals surface area (Å²) >= 11 is 0. The molecule has 6 nitrogen and oxygen atoms in total. The van der Waals surface area contributed by atoms with E-state index in [4.69, 9.17) is 4.42 Å². The minimum atomic E-state index is -0.174. The highest BCUT2D eigenvalue weighted by Gasteiger charge is 2.16. The fourth-order valence-corrected chi connectivity index (χ4v) is 2.36. The minimum absolute atomic E-state index is 0.0622. The molecule has 0 spiro atoms.